The molecule has 0 aliphatic heterocycles. The first-order valence-corrected chi connectivity index (χ1v) is 7.41. The number of hydrogen-bond donors (Lipinski definition) is 0. The van der Waals surface area contributed by atoms with Crippen LogP contribution in [0.15, 0.2) is 57.7 Å². The summed E-state index contributed by atoms with van der Waals surface area (Å²) in [6.07, 6.45) is 0. The van der Waals surface area contributed by atoms with Crippen LogP contribution in [0.1, 0.15) is 21.5 Å². The molecule has 0 fully saturated rings. The first-order chi connectivity index (χ1) is 11.6. The van der Waals surface area contributed by atoms with Gasteiger partial charge in [0.25, 0.3) is 0 Å². The molecule has 1 heterocycles. The van der Waals surface area contributed by atoms with E-state index in [9.17, 15) is 9.59 Å². The van der Waals surface area contributed by atoms with Crippen LogP contribution in [0.25, 0.3) is 11.0 Å². The van der Waals surface area contributed by atoms with Crippen molar-refractivity contribution >= 4 is 16.9 Å². The van der Waals surface area contributed by atoms with E-state index in [0.29, 0.717) is 16.9 Å². The Morgan fingerprint density at radius 3 is 2.54 bits per heavy atom. The third-order valence-electron chi connectivity index (χ3n) is 3.66. The highest BCUT2D eigenvalue weighted by molar-refractivity contribution is 5.89. The van der Waals surface area contributed by atoms with Gasteiger partial charge in [-0.2, -0.15) is 0 Å². The van der Waals surface area contributed by atoms with Gasteiger partial charge in [-0.3, -0.25) is 0 Å². The third kappa shape index (κ3) is 3.30. The highest BCUT2D eigenvalue weighted by Crippen LogP contribution is 2.21. The van der Waals surface area contributed by atoms with E-state index in [1.54, 1.807) is 24.3 Å². The molecule has 3 rings (SSSR count). The summed E-state index contributed by atoms with van der Waals surface area (Å²) < 4.78 is 15.6. The first kappa shape index (κ1) is 15.8. The van der Waals surface area contributed by atoms with Crippen molar-refractivity contribution in [3.05, 3.63) is 75.6 Å². The predicted molar refractivity (Wildman–Crippen MR) is 89.3 cm³/mol. The van der Waals surface area contributed by atoms with Gasteiger partial charge in [0, 0.05) is 17.0 Å². The molecule has 0 saturated heterocycles. The Morgan fingerprint density at radius 1 is 1.08 bits per heavy atom. The van der Waals surface area contributed by atoms with E-state index in [1.165, 1.54) is 13.2 Å². The van der Waals surface area contributed by atoms with Crippen molar-refractivity contribution in [2.75, 3.05) is 7.11 Å². The molecule has 2 aromatic carbocycles. The van der Waals surface area contributed by atoms with Crippen molar-refractivity contribution in [1.29, 1.82) is 0 Å². The fraction of sp³-hybridized carbons (Fsp3) is 0.158. The van der Waals surface area contributed by atoms with Crippen LogP contribution in [-0.4, -0.2) is 13.1 Å². The van der Waals surface area contributed by atoms with Gasteiger partial charge in [0.15, 0.2) is 0 Å². The Morgan fingerprint density at radius 2 is 1.83 bits per heavy atom. The molecule has 0 radical (unpaired) electrons. The van der Waals surface area contributed by atoms with Crippen LogP contribution in [0.4, 0.5) is 0 Å². The van der Waals surface area contributed by atoms with E-state index >= 15 is 0 Å². The van der Waals surface area contributed by atoms with Gasteiger partial charge in [-0.1, -0.05) is 12.1 Å². The van der Waals surface area contributed by atoms with Gasteiger partial charge < -0.3 is 13.9 Å². The van der Waals surface area contributed by atoms with Gasteiger partial charge in [0.05, 0.1) is 12.7 Å². The molecule has 0 spiro atoms. The summed E-state index contributed by atoms with van der Waals surface area (Å²) >= 11 is 0. The van der Waals surface area contributed by atoms with E-state index in [4.69, 9.17) is 9.15 Å². The molecule has 0 unspecified atom stereocenters. The minimum atomic E-state index is -0.410. The molecule has 0 amide bonds. The molecule has 0 aliphatic rings. The van der Waals surface area contributed by atoms with Crippen molar-refractivity contribution in [2.45, 2.75) is 13.5 Å². The Hall–Kier alpha value is -3.08. The molecular weight excluding hydrogens is 308 g/mol. The summed E-state index contributed by atoms with van der Waals surface area (Å²) in [5.41, 5.74) is 2.35. The second-order valence-electron chi connectivity index (χ2n) is 5.39. The van der Waals surface area contributed by atoms with Gasteiger partial charge >= 0.3 is 11.6 Å². The molecule has 24 heavy (non-hydrogen) atoms. The van der Waals surface area contributed by atoms with Crippen molar-refractivity contribution in [1.82, 2.24) is 0 Å². The fourth-order valence-electron chi connectivity index (χ4n) is 2.42. The lowest BCUT2D eigenvalue weighted by Gasteiger charge is -2.09. The maximum atomic E-state index is 11.7. The van der Waals surface area contributed by atoms with Crippen LogP contribution >= 0.6 is 0 Å². The Balaban J connectivity index is 1.83. The minimum absolute atomic E-state index is 0.225. The number of aryl methyl sites for hydroxylation is 1. The molecule has 1 aromatic heterocycles. The number of rotatable bonds is 4. The Bertz CT molecular complexity index is 938. The smallest absolute Gasteiger partial charge is 0.337 e. The molecule has 0 N–H and O–H groups in total. The normalized spacial score (nSPS) is 10.6. The van der Waals surface area contributed by atoms with E-state index in [1.807, 2.05) is 25.1 Å². The van der Waals surface area contributed by atoms with Crippen molar-refractivity contribution in [3.8, 4) is 5.75 Å². The monoisotopic (exact) mass is 324 g/mol. The highest BCUT2D eigenvalue weighted by Gasteiger charge is 2.08. The molecule has 5 heteroatoms. The quantitative estimate of drug-likeness (QED) is 0.543. The molecule has 0 atom stereocenters. The lowest BCUT2D eigenvalue weighted by atomic mass is 10.1. The number of esters is 1. The summed E-state index contributed by atoms with van der Waals surface area (Å²) in [5, 5.41) is 0.839. The number of fused-ring (bicyclic) bond motifs is 1. The largest absolute Gasteiger partial charge is 0.489 e. The number of carbonyl (C=O) groups excluding carboxylic acids is 1. The average molecular weight is 324 g/mol. The number of benzene rings is 2. The average Bonchev–Trinajstić information content (AvgIpc) is 2.59. The second-order valence-corrected chi connectivity index (χ2v) is 5.39. The van der Waals surface area contributed by atoms with E-state index < -0.39 is 11.6 Å². The Kier molecular flexibility index (Phi) is 4.33. The number of hydrogen-bond acceptors (Lipinski definition) is 5. The maximum absolute atomic E-state index is 11.7. The van der Waals surface area contributed by atoms with Crippen LogP contribution in [-0.2, 0) is 11.3 Å². The predicted octanol–water partition coefficient (Wildman–Crippen LogP) is 3.47. The van der Waals surface area contributed by atoms with Crippen LogP contribution in [0.2, 0.25) is 0 Å². The zero-order chi connectivity index (χ0) is 17.1. The maximum Gasteiger partial charge on any atom is 0.337 e. The molecule has 0 aliphatic carbocycles. The topological polar surface area (TPSA) is 65.7 Å². The molecular formula is C19H16O5. The molecule has 0 saturated carbocycles. The summed E-state index contributed by atoms with van der Waals surface area (Å²) in [6.45, 7) is 2.16. The zero-order valence-corrected chi connectivity index (χ0v) is 13.4. The van der Waals surface area contributed by atoms with Gasteiger partial charge in [0.2, 0.25) is 0 Å². The van der Waals surface area contributed by atoms with E-state index in [-0.39, 0.29) is 6.61 Å². The van der Waals surface area contributed by atoms with Crippen molar-refractivity contribution < 1.29 is 18.7 Å². The van der Waals surface area contributed by atoms with Crippen molar-refractivity contribution in [2.24, 2.45) is 0 Å². The third-order valence-corrected chi connectivity index (χ3v) is 3.66. The zero-order valence-electron chi connectivity index (χ0n) is 13.4. The van der Waals surface area contributed by atoms with Crippen molar-refractivity contribution in [3.63, 3.8) is 0 Å². The van der Waals surface area contributed by atoms with Crippen LogP contribution in [0.3, 0.4) is 0 Å². The molecule has 3 aromatic rings. The standard InChI is InChI=1S/C19H16O5/c1-12-3-8-16-14(10-18(20)24-17(16)9-12)11-23-15-6-4-13(5-7-15)19(21)22-2/h3-10H,11H2,1-2H3. The fourth-order valence-corrected chi connectivity index (χ4v) is 2.42. The summed E-state index contributed by atoms with van der Waals surface area (Å²) in [5.74, 6) is 0.194. The van der Waals surface area contributed by atoms with Gasteiger partial charge in [-0.25, -0.2) is 9.59 Å². The summed E-state index contributed by atoms with van der Waals surface area (Å²) in [6, 6.07) is 13.7. The minimum Gasteiger partial charge on any atom is -0.489 e. The van der Waals surface area contributed by atoms with Gasteiger partial charge in [-0.15, -0.1) is 0 Å². The second kappa shape index (κ2) is 6.58. The van der Waals surface area contributed by atoms with E-state index in [0.717, 1.165) is 16.5 Å². The van der Waals surface area contributed by atoms with Crippen LogP contribution in [0.5, 0.6) is 5.75 Å². The van der Waals surface area contributed by atoms with Crippen LogP contribution < -0.4 is 10.4 Å². The SMILES string of the molecule is COC(=O)c1ccc(OCc2cc(=O)oc3cc(C)ccc23)cc1. The highest BCUT2D eigenvalue weighted by atomic mass is 16.5. The molecule has 0 bridgehead atoms. The summed E-state index contributed by atoms with van der Waals surface area (Å²) in [7, 11) is 1.33. The van der Waals surface area contributed by atoms with Crippen LogP contribution in [0, 0.1) is 6.92 Å². The number of methoxy groups -OCH3 is 1. The number of ether oxygens (including phenoxy) is 2. The molecule has 122 valence electrons. The van der Waals surface area contributed by atoms with E-state index in [2.05, 4.69) is 4.74 Å². The lowest BCUT2D eigenvalue weighted by Crippen LogP contribution is -2.04. The number of carbonyl (C=O) groups is 1. The van der Waals surface area contributed by atoms with Gasteiger partial charge in [-0.05, 0) is 42.8 Å². The molecule has 5 nitrogen and oxygen atoms in total. The Labute approximate surface area is 138 Å². The first-order valence-electron chi connectivity index (χ1n) is 7.41. The summed E-state index contributed by atoms with van der Waals surface area (Å²) in [4.78, 5) is 23.1. The lowest BCUT2D eigenvalue weighted by molar-refractivity contribution is 0.0600. The van der Waals surface area contributed by atoms with Gasteiger partial charge in [0.1, 0.15) is 17.9 Å².